The van der Waals surface area contributed by atoms with Gasteiger partial charge in [-0.25, -0.2) is 0 Å². The molecule has 2 aliphatic heterocycles. The number of fused-ring (bicyclic) bond motifs is 1. The van der Waals surface area contributed by atoms with Crippen LogP contribution in [0.2, 0.25) is 0 Å². The smallest absolute Gasteiger partial charge is 0.352 e. The zero-order chi connectivity index (χ0) is 26.0. The van der Waals surface area contributed by atoms with Gasteiger partial charge in [0.15, 0.2) is 0 Å². The molecule has 0 bridgehead atoms. The standard InChI is InChI=1S/C24H30N2S2.C5H10O2/c1-14-10-16(3)21(17(4)11-14)25-20(7)26(24-23(25)27-8-9-28-24)22-18(5)12-15(2)13-19(22)6;1-4(2)5(6)7-3/h10-13,20H,8-9H2,1-7H3;4H,1-3H3/q+2;. The number of aryl methyl sites for hydroxylation is 6. The molecule has 2 aromatic rings. The maximum atomic E-state index is 10.3. The van der Waals surface area contributed by atoms with Crippen LogP contribution in [-0.2, 0) is 9.53 Å². The Bertz CT molecular complexity index is 1080. The molecular formula is C29H40N2O2S2+2. The number of nitrogens with zero attached hydrogens (tertiary/aromatic N) is 2. The van der Waals surface area contributed by atoms with E-state index in [1.165, 1.54) is 73.5 Å². The molecule has 2 aromatic carbocycles. The third kappa shape index (κ3) is 5.69. The summed E-state index contributed by atoms with van der Waals surface area (Å²) in [4.78, 5) is 10.3. The summed E-state index contributed by atoms with van der Waals surface area (Å²) in [6.45, 7) is 19.4. The summed E-state index contributed by atoms with van der Waals surface area (Å²) in [5.74, 6) is 2.21. The van der Waals surface area contributed by atoms with Gasteiger partial charge in [0.1, 0.15) is 0 Å². The van der Waals surface area contributed by atoms with Crippen molar-refractivity contribution in [2.45, 2.75) is 68.5 Å². The number of ether oxygens (including phenoxy) is 1. The van der Waals surface area contributed by atoms with Crippen molar-refractivity contribution < 1.29 is 18.7 Å². The van der Waals surface area contributed by atoms with Crippen molar-refractivity contribution in [3.63, 3.8) is 0 Å². The number of rotatable bonds is 3. The van der Waals surface area contributed by atoms with Crippen LogP contribution in [0.15, 0.2) is 24.3 Å². The normalized spacial score (nSPS) is 15.9. The van der Waals surface area contributed by atoms with Crippen molar-refractivity contribution in [3.8, 4) is 0 Å². The molecule has 0 spiro atoms. The van der Waals surface area contributed by atoms with Gasteiger partial charge in [-0.3, -0.25) is 4.79 Å². The van der Waals surface area contributed by atoms with E-state index in [-0.39, 0.29) is 18.1 Å². The summed E-state index contributed by atoms with van der Waals surface area (Å²) in [5.41, 5.74) is 10.9. The monoisotopic (exact) mass is 512 g/mol. The van der Waals surface area contributed by atoms with Crippen LogP contribution in [0.5, 0.6) is 0 Å². The average Bonchev–Trinajstić information content (AvgIpc) is 3.04. The Labute approximate surface area is 219 Å². The van der Waals surface area contributed by atoms with Gasteiger partial charge in [0.25, 0.3) is 0 Å². The molecule has 0 unspecified atom stereocenters. The van der Waals surface area contributed by atoms with Gasteiger partial charge in [0, 0.05) is 33.8 Å². The second-order valence-electron chi connectivity index (χ2n) is 9.85. The first-order valence-corrected chi connectivity index (χ1v) is 14.3. The second-order valence-corrected chi connectivity index (χ2v) is 12.0. The molecule has 0 atom stereocenters. The molecule has 0 N–H and O–H groups in total. The van der Waals surface area contributed by atoms with Gasteiger partial charge in [-0.2, -0.15) is 0 Å². The summed E-state index contributed by atoms with van der Waals surface area (Å²) in [5, 5.41) is 2.86. The Morgan fingerprint density at radius 2 is 1.14 bits per heavy atom. The van der Waals surface area contributed by atoms with Crippen LogP contribution in [0.4, 0.5) is 11.4 Å². The van der Waals surface area contributed by atoms with Crippen LogP contribution in [0.3, 0.4) is 0 Å². The molecule has 35 heavy (non-hydrogen) atoms. The number of benzene rings is 2. The Hall–Kier alpha value is -2.05. The van der Waals surface area contributed by atoms with E-state index in [2.05, 4.69) is 86.6 Å². The van der Waals surface area contributed by atoms with E-state index >= 15 is 0 Å². The van der Waals surface area contributed by atoms with Crippen molar-refractivity contribution in [3.05, 3.63) is 57.6 Å². The summed E-state index contributed by atoms with van der Waals surface area (Å²) in [6.07, 6.45) is 0.267. The lowest BCUT2D eigenvalue weighted by Crippen LogP contribution is -2.27. The number of carbonyl (C=O) groups excluding carboxylic acids is 1. The maximum Gasteiger partial charge on any atom is 0.352 e. The minimum absolute atomic E-state index is 0.00463. The largest absolute Gasteiger partial charge is 0.469 e. The minimum Gasteiger partial charge on any atom is -0.469 e. The van der Waals surface area contributed by atoms with E-state index in [0.717, 1.165) is 0 Å². The average molecular weight is 513 g/mol. The molecule has 2 heterocycles. The van der Waals surface area contributed by atoms with Crippen molar-refractivity contribution in [2.75, 3.05) is 18.6 Å². The zero-order valence-electron chi connectivity index (χ0n) is 22.9. The van der Waals surface area contributed by atoms with Gasteiger partial charge in [-0.05, 0) is 89.3 Å². The third-order valence-corrected chi connectivity index (χ3v) is 8.89. The number of carbonyl (C=O) groups is 1. The summed E-state index contributed by atoms with van der Waals surface area (Å²) in [6, 6.07) is 9.28. The number of thioether (sulfide) groups is 2. The molecule has 0 saturated carbocycles. The van der Waals surface area contributed by atoms with Crippen LogP contribution in [0.25, 0.3) is 0 Å². The van der Waals surface area contributed by atoms with Crippen molar-refractivity contribution >= 4 is 51.0 Å². The lowest BCUT2D eigenvalue weighted by Gasteiger charge is -2.13. The maximum absolute atomic E-state index is 10.3. The Balaban J connectivity index is 0.000000429. The fourth-order valence-electron chi connectivity index (χ4n) is 5.12. The van der Waals surface area contributed by atoms with Crippen molar-refractivity contribution in [1.29, 1.82) is 0 Å². The van der Waals surface area contributed by atoms with Gasteiger partial charge >= 0.3 is 22.2 Å². The molecule has 188 valence electrons. The van der Waals surface area contributed by atoms with Gasteiger partial charge in [-0.15, -0.1) is 9.15 Å². The van der Waals surface area contributed by atoms with Crippen LogP contribution < -0.4 is 0 Å². The van der Waals surface area contributed by atoms with E-state index in [9.17, 15) is 4.79 Å². The minimum atomic E-state index is -0.153. The lowest BCUT2D eigenvalue weighted by molar-refractivity contribution is -0.686. The molecule has 2 aliphatic rings. The number of hydrogen-bond donors (Lipinski definition) is 0. The van der Waals surface area contributed by atoms with E-state index in [1.807, 2.05) is 23.5 Å². The van der Waals surface area contributed by atoms with E-state index in [1.54, 1.807) is 13.8 Å². The highest BCUT2D eigenvalue weighted by Gasteiger charge is 2.51. The molecular weight excluding hydrogens is 472 g/mol. The molecule has 0 aromatic heterocycles. The lowest BCUT2D eigenvalue weighted by atomic mass is 10.0. The van der Waals surface area contributed by atoms with Gasteiger partial charge in [-0.1, -0.05) is 25.0 Å². The number of esters is 1. The highest BCUT2D eigenvalue weighted by Crippen LogP contribution is 2.39. The Morgan fingerprint density at radius 1 is 0.800 bits per heavy atom. The van der Waals surface area contributed by atoms with Gasteiger partial charge in [0.05, 0.1) is 20.0 Å². The Kier molecular flexibility index (Phi) is 8.92. The van der Waals surface area contributed by atoms with Crippen LogP contribution in [-0.4, -0.2) is 50.0 Å². The van der Waals surface area contributed by atoms with E-state index < -0.39 is 0 Å². The van der Waals surface area contributed by atoms with Gasteiger partial charge in [0.2, 0.25) is 11.4 Å². The molecule has 1 saturated heterocycles. The highest BCUT2D eigenvalue weighted by atomic mass is 32.2. The number of hydrogen-bond acceptors (Lipinski definition) is 4. The van der Waals surface area contributed by atoms with Crippen LogP contribution in [0, 0.1) is 47.5 Å². The molecule has 0 amide bonds. The zero-order valence-corrected chi connectivity index (χ0v) is 24.5. The molecule has 4 rings (SSSR count). The van der Waals surface area contributed by atoms with E-state index in [0.29, 0.717) is 0 Å². The highest BCUT2D eigenvalue weighted by molar-refractivity contribution is 8.27. The van der Waals surface area contributed by atoms with E-state index in [4.69, 9.17) is 0 Å². The first kappa shape index (κ1) is 27.5. The fraction of sp³-hybridized carbons (Fsp3) is 0.483. The predicted octanol–water partition coefficient (Wildman–Crippen LogP) is 6.98. The SMILES string of the molecule is COC(=O)C(C)C.Cc1cc(C)c([N+]2=C3SCCSC3=[N+](c3c(C)cc(C)cc3C)C2C)c(C)c1. The topological polar surface area (TPSA) is 32.3 Å². The molecule has 0 aliphatic carbocycles. The Morgan fingerprint density at radius 3 is 1.40 bits per heavy atom. The quantitative estimate of drug-likeness (QED) is 0.328. The van der Waals surface area contributed by atoms with Gasteiger partial charge < -0.3 is 4.74 Å². The van der Waals surface area contributed by atoms with Crippen molar-refractivity contribution in [1.82, 2.24) is 0 Å². The summed E-state index contributed by atoms with van der Waals surface area (Å²) >= 11 is 4.04. The van der Waals surface area contributed by atoms with Crippen molar-refractivity contribution in [2.24, 2.45) is 5.92 Å². The molecule has 4 nitrogen and oxygen atoms in total. The number of methoxy groups -OCH3 is 1. The first-order chi connectivity index (χ1) is 16.5. The summed E-state index contributed by atoms with van der Waals surface area (Å²) < 4.78 is 9.56. The summed E-state index contributed by atoms with van der Waals surface area (Å²) in [7, 11) is 1.39. The first-order valence-electron chi connectivity index (χ1n) is 12.3. The predicted molar refractivity (Wildman–Crippen MR) is 152 cm³/mol. The fourth-order valence-corrected chi connectivity index (χ4v) is 7.73. The molecule has 0 radical (unpaired) electrons. The third-order valence-electron chi connectivity index (χ3n) is 6.35. The van der Waals surface area contributed by atoms with Crippen LogP contribution >= 0.6 is 23.5 Å². The molecule has 1 fully saturated rings. The van der Waals surface area contributed by atoms with Crippen LogP contribution in [0.1, 0.15) is 54.2 Å². The second kappa shape index (κ2) is 11.3. The molecule has 6 heteroatoms.